The molecule has 1 heterocycles. The first-order chi connectivity index (χ1) is 7.97. The number of carbonyl (C=O) groups is 1. The van der Waals surface area contributed by atoms with Gasteiger partial charge in [0.1, 0.15) is 0 Å². The molecular weight excluding hydrogens is 249 g/mol. The molecule has 1 fully saturated rings. The van der Waals surface area contributed by atoms with Gasteiger partial charge in [-0.2, -0.15) is 0 Å². The van der Waals surface area contributed by atoms with E-state index in [1.54, 1.807) is 17.0 Å². The van der Waals surface area contributed by atoms with Gasteiger partial charge >= 0.3 is 5.97 Å². The summed E-state index contributed by atoms with van der Waals surface area (Å²) in [6.07, 6.45) is 0. The highest BCUT2D eigenvalue weighted by molar-refractivity contribution is 6.36. The molecule has 92 valence electrons. The van der Waals surface area contributed by atoms with Crippen molar-refractivity contribution < 1.29 is 19.4 Å². The number of halogens is 2. The van der Waals surface area contributed by atoms with Crippen LogP contribution in [0.4, 0.5) is 10.1 Å². The molecule has 17 heavy (non-hydrogen) atoms. The molecule has 0 aliphatic carbocycles. The molecule has 2 rings (SSSR count). The minimum absolute atomic E-state index is 0.00970. The molecule has 1 aliphatic heterocycles. The number of aliphatic hydroxyl groups is 1. The van der Waals surface area contributed by atoms with Crippen molar-refractivity contribution >= 4 is 23.3 Å². The minimum atomic E-state index is -1.61. The summed E-state index contributed by atoms with van der Waals surface area (Å²) in [6, 6.07) is 4.58. The van der Waals surface area contributed by atoms with Crippen molar-refractivity contribution in [2.24, 2.45) is 0 Å². The second kappa shape index (κ2) is 4.16. The Morgan fingerprint density at radius 2 is 2.18 bits per heavy atom. The molecule has 0 amide bonds. The Morgan fingerprint density at radius 1 is 1.53 bits per heavy atom. The number of alkyl halides is 1. The van der Waals surface area contributed by atoms with Crippen LogP contribution in [0.2, 0.25) is 5.02 Å². The van der Waals surface area contributed by atoms with E-state index in [0.29, 0.717) is 5.69 Å². The third-order valence-electron chi connectivity index (χ3n) is 2.78. The Labute approximate surface area is 102 Å². The highest BCUT2D eigenvalue weighted by atomic mass is 35.5. The molecule has 1 aromatic carbocycles. The molecule has 0 saturated carbocycles. The van der Waals surface area contributed by atoms with Gasteiger partial charge in [-0.3, -0.25) is 0 Å². The molecule has 0 radical (unpaired) electrons. The molecule has 0 atom stereocenters. The number of hydrogen-bond acceptors (Lipinski definition) is 3. The predicted molar refractivity (Wildman–Crippen MR) is 61.5 cm³/mol. The number of benzene rings is 1. The molecule has 0 unspecified atom stereocenters. The van der Waals surface area contributed by atoms with Crippen LogP contribution in [-0.2, 0) is 0 Å². The van der Waals surface area contributed by atoms with E-state index < -0.39 is 18.2 Å². The van der Waals surface area contributed by atoms with E-state index >= 15 is 0 Å². The van der Waals surface area contributed by atoms with Gasteiger partial charge in [-0.05, 0) is 12.1 Å². The van der Waals surface area contributed by atoms with Crippen LogP contribution in [0.25, 0.3) is 0 Å². The van der Waals surface area contributed by atoms with Crippen LogP contribution in [0.1, 0.15) is 10.4 Å². The zero-order valence-electron chi connectivity index (χ0n) is 8.86. The molecule has 4 nitrogen and oxygen atoms in total. The van der Waals surface area contributed by atoms with Gasteiger partial charge in [0, 0.05) is 0 Å². The minimum Gasteiger partial charge on any atom is -0.478 e. The predicted octanol–water partition coefficient (Wildman–Crippen LogP) is 1.56. The van der Waals surface area contributed by atoms with E-state index in [4.69, 9.17) is 21.8 Å². The maximum Gasteiger partial charge on any atom is 0.337 e. The fourth-order valence-electron chi connectivity index (χ4n) is 1.84. The molecule has 0 aromatic heterocycles. The second-order valence-electron chi connectivity index (χ2n) is 4.11. The van der Waals surface area contributed by atoms with E-state index in [9.17, 15) is 9.18 Å². The monoisotopic (exact) mass is 259 g/mol. The number of aromatic carboxylic acids is 1. The molecule has 1 saturated heterocycles. The molecule has 1 aromatic rings. The van der Waals surface area contributed by atoms with Gasteiger partial charge in [0.2, 0.25) is 0 Å². The zero-order chi connectivity index (χ0) is 12.6. The topological polar surface area (TPSA) is 60.8 Å². The summed E-state index contributed by atoms with van der Waals surface area (Å²) in [5, 5.41) is 17.8. The van der Waals surface area contributed by atoms with E-state index in [1.807, 2.05) is 0 Å². The maximum absolute atomic E-state index is 13.5. The summed E-state index contributed by atoms with van der Waals surface area (Å²) in [4.78, 5) is 12.5. The lowest BCUT2D eigenvalue weighted by molar-refractivity contribution is 0.0445. The van der Waals surface area contributed by atoms with Crippen LogP contribution in [-0.4, -0.2) is 41.5 Å². The first-order valence-corrected chi connectivity index (χ1v) is 5.41. The van der Waals surface area contributed by atoms with E-state index in [0.717, 1.165) is 0 Å². The Hall–Kier alpha value is -1.33. The summed E-state index contributed by atoms with van der Waals surface area (Å²) in [5.74, 6) is -1.12. The van der Waals surface area contributed by atoms with Gasteiger partial charge in [0.15, 0.2) is 5.67 Å². The van der Waals surface area contributed by atoms with Crippen LogP contribution in [0.5, 0.6) is 0 Å². The first kappa shape index (κ1) is 12.1. The number of carboxylic acid groups (broad SMARTS) is 1. The van der Waals surface area contributed by atoms with Gasteiger partial charge in [-0.15, -0.1) is 0 Å². The standard InChI is InChI=1S/C11H11ClFNO3/c12-9-7(10(16)17)2-1-3-8(9)14-4-11(13,5-14)6-15/h1-3,15H,4-6H2,(H,16,17). The van der Waals surface area contributed by atoms with Gasteiger partial charge in [-0.25, -0.2) is 9.18 Å². The third kappa shape index (κ3) is 2.08. The quantitative estimate of drug-likeness (QED) is 0.865. The van der Waals surface area contributed by atoms with E-state index in [-0.39, 0.29) is 23.7 Å². The van der Waals surface area contributed by atoms with Crippen LogP contribution >= 0.6 is 11.6 Å². The number of anilines is 1. The highest BCUT2D eigenvalue weighted by Gasteiger charge is 2.43. The van der Waals surface area contributed by atoms with E-state index in [1.165, 1.54) is 6.07 Å². The zero-order valence-corrected chi connectivity index (χ0v) is 9.62. The summed E-state index contributed by atoms with van der Waals surface area (Å²) in [7, 11) is 0. The van der Waals surface area contributed by atoms with Crippen LogP contribution in [0.3, 0.4) is 0 Å². The van der Waals surface area contributed by atoms with Crippen molar-refractivity contribution in [3.8, 4) is 0 Å². The number of nitrogens with zero attached hydrogens (tertiary/aromatic N) is 1. The lowest BCUT2D eigenvalue weighted by Gasteiger charge is -2.45. The maximum atomic E-state index is 13.5. The van der Waals surface area contributed by atoms with Crippen LogP contribution in [0.15, 0.2) is 18.2 Å². The largest absolute Gasteiger partial charge is 0.478 e. The van der Waals surface area contributed by atoms with Gasteiger partial charge in [-0.1, -0.05) is 17.7 Å². The Morgan fingerprint density at radius 3 is 2.71 bits per heavy atom. The van der Waals surface area contributed by atoms with Crippen molar-refractivity contribution in [3.63, 3.8) is 0 Å². The summed E-state index contributed by atoms with van der Waals surface area (Å²) in [5.41, 5.74) is -1.14. The van der Waals surface area contributed by atoms with Gasteiger partial charge < -0.3 is 15.1 Å². The van der Waals surface area contributed by atoms with Crippen molar-refractivity contribution in [1.29, 1.82) is 0 Å². The normalized spacial score (nSPS) is 17.7. The second-order valence-corrected chi connectivity index (χ2v) is 4.49. The first-order valence-electron chi connectivity index (χ1n) is 5.03. The Balaban J connectivity index is 2.24. The molecule has 6 heteroatoms. The van der Waals surface area contributed by atoms with Crippen molar-refractivity contribution in [1.82, 2.24) is 0 Å². The molecule has 1 aliphatic rings. The lowest BCUT2D eigenvalue weighted by Crippen LogP contribution is -2.61. The smallest absolute Gasteiger partial charge is 0.337 e. The molecule has 0 spiro atoms. The fraction of sp³-hybridized carbons (Fsp3) is 0.364. The van der Waals surface area contributed by atoms with Crippen molar-refractivity contribution in [2.45, 2.75) is 5.67 Å². The molecule has 0 bridgehead atoms. The average molecular weight is 260 g/mol. The average Bonchev–Trinajstić information content (AvgIpc) is 2.25. The van der Waals surface area contributed by atoms with E-state index in [2.05, 4.69) is 0 Å². The fourth-order valence-corrected chi connectivity index (χ4v) is 2.16. The Kier molecular flexibility index (Phi) is 2.97. The van der Waals surface area contributed by atoms with Crippen molar-refractivity contribution in [3.05, 3.63) is 28.8 Å². The number of rotatable bonds is 3. The summed E-state index contributed by atoms with van der Waals surface area (Å²) in [6.45, 7) is -0.502. The van der Waals surface area contributed by atoms with Crippen LogP contribution < -0.4 is 4.90 Å². The number of aliphatic hydroxyl groups excluding tert-OH is 1. The molecular formula is C11H11ClFNO3. The van der Waals surface area contributed by atoms with Gasteiger partial charge in [0.25, 0.3) is 0 Å². The number of carboxylic acids is 1. The molecule has 2 N–H and O–H groups in total. The van der Waals surface area contributed by atoms with Crippen LogP contribution in [0, 0.1) is 0 Å². The van der Waals surface area contributed by atoms with Crippen molar-refractivity contribution in [2.75, 3.05) is 24.6 Å². The SMILES string of the molecule is O=C(O)c1cccc(N2CC(F)(CO)C2)c1Cl. The lowest BCUT2D eigenvalue weighted by atomic mass is 9.96. The number of hydrogen-bond donors (Lipinski definition) is 2. The summed E-state index contributed by atoms with van der Waals surface area (Å²) < 4.78 is 13.5. The summed E-state index contributed by atoms with van der Waals surface area (Å²) >= 11 is 5.94. The highest BCUT2D eigenvalue weighted by Crippen LogP contribution is 2.36. The third-order valence-corrected chi connectivity index (χ3v) is 3.18. The van der Waals surface area contributed by atoms with Gasteiger partial charge in [0.05, 0.1) is 36.0 Å². The Bertz CT molecular complexity index is 460.